The normalized spacial score (nSPS) is 36.3. The maximum atomic E-state index is 7.22. The Labute approximate surface area is 62.3 Å². The van der Waals surface area contributed by atoms with Gasteiger partial charge in [-0.25, -0.2) is 0 Å². The summed E-state index contributed by atoms with van der Waals surface area (Å²) in [5, 5.41) is 0. The predicted molar refractivity (Wildman–Crippen MR) is 40.4 cm³/mol. The minimum Gasteiger partial charge on any atom is -0.306 e. The van der Waals surface area contributed by atoms with Crippen molar-refractivity contribution in [1.82, 2.24) is 4.90 Å². The van der Waals surface area contributed by atoms with E-state index in [4.69, 9.17) is 4.11 Å². The highest BCUT2D eigenvalue weighted by atomic mass is 15.1. The molecule has 0 saturated carbocycles. The lowest BCUT2D eigenvalue weighted by Gasteiger charge is -2.13. The standard InChI is InChI=1S/C8H17N/c1-7(2)8-4-5-9(3)6-8/h7-8H,4-6H2,1-3H3/i3D3. The Kier molecular flexibility index (Phi) is 1.19. The van der Waals surface area contributed by atoms with Crippen LogP contribution >= 0.6 is 0 Å². The number of rotatable bonds is 1. The first kappa shape index (κ1) is 3.97. The molecule has 0 spiro atoms. The van der Waals surface area contributed by atoms with Crippen LogP contribution in [0, 0.1) is 11.8 Å². The van der Waals surface area contributed by atoms with Crippen LogP contribution in [0.1, 0.15) is 24.4 Å². The Hall–Kier alpha value is -0.0400. The Morgan fingerprint density at radius 1 is 1.67 bits per heavy atom. The van der Waals surface area contributed by atoms with Gasteiger partial charge in [0.2, 0.25) is 0 Å². The average molecular weight is 130 g/mol. The highest BCUT2D eigenvalue weighted by molar-refractivity contribution is 4.74. The second kappa shape index (κ2) is 2.70. The largest absolute Gasteiger partial charge is 0.306 e. The molecule has 1 aliphatic heterocycles. The van der Waals surface area contributed by atoms with Crippen molar-refractivity contribution in [3.05, 3.63) is 0 Å². The van der Waals surface area contributed by atoms with Gasteiger partial charge in [-0.05, 0) is 31.8 Å². The summed E-state index contributed by atoms with van der Waals surface area (Å²) in [6.45, 7) is 3.93. The highest BCUT2D eigenvalue weighted by Crippen LogP contribution is 2.21. The first-order chi connectivity index (χ1) is 5.41. The van der Waals surface area contributed by atoms with Gasteiger partial charge in [0.05, 0.1) is 0 Å². The fourth-order valence-corrected chi connectivity index (χ4v) is 1.33. The van der Waals surface area contributed by atoms with Crippen LogP contribution in [0.3, 0.4) is 0 Å². The van der Waals surface area contributed by atoms with Crippen LogP contribution in [-0.4, -0.2) is 25.0 Å². The molecule has 1 nitrogen and oxygen atoms in total. The minimum absolute atomic E-state index is 0.574. The van der Waals surface area contributed by atoms with E-state index in [1.165, 1.54) is 0 Å². The van der Waals surface area contributed by atoms with Crippen LogP contribution in [0.25, 0.3) is 0 Å². The molecule has 1 rings (SSSR count). The lowest BCUT2D eigenvalue weighted by Crippen LogP contribution is -2.16. The van der Waals surface area contributed by atoms with Crippen LogP contribution in [0.2, 0.25) is 0 Å². The molecule has 0 bridgehead atoms. The van der Waals surface area contributed by atoms with Gasteiger partial charge in [-0.1, -0.05) is 13.8 Å². The van der Waals surface area contributed by atoms with Crippen LogP contribution in [-0.2, 0) is 0 Å². The van der Waals surface area contributed by atoms with Gasteiger partial charge in [0, 0.05) is 10.7 Å². The Bertz CT molecular complexity index is 153. The third kappa shape index (κ3) is 1.68. The topological polar surface area (TPSA) is 3.24 Å². The molecule has 0 aliphatic carbocycles. The van der Waals surface area contributed by atoms with Gasteiger partial charge in [-0.15, -0.1) is 0 Å². The van der Waals surface area contributed by atoms with E-state index in [0.29, 0.717) is 11.8 Å². The summed E-state index contributed by atoms with van der Waals surface area (Å²) >= 11 is 0. The fraction of sp³-hybridized carbons (Fsp3) is 1.00. The highest BCUT2D eigenvalue weighted by Gasteiger charge is 2.21. The summed E-state index contributed by atoms with van der Waals surface area (Å²) in [5.41, 5.74) is 0. The molecule has 0 radical (unpaired) electrons. The molecule has 54 valence electrons. The van der Waals surface area contributed by atoms with Crippen molar-refractivity contribution in [2.45, 2.75) is 20.3 Å². The molecule has 0 aromatic rings. The lowest BCUT2D eigenvalue weighted by atomic mass is 9.95. The first-order valence-electron chi connectivity index (χ1n) is 5.16. The van der Waals surface area contributed by atoms with Crippen molar-refractivity contribution < 1.29 is 4.11 Å². The Balaban J connectivity index is 2.46. The SMILES string of the molecule is [2H]C([2H])([2H])N1CCC(C(C)C)C1. The van der Waals surface area contributed by atoms with Crippen LogP contribution in [0.5, 0.6) is 0 Å². The van der Waals surface area contributed by atoms with Crippen molar-refractivity contribution in [2.75, 3.05) is 20.1 Å². The van der Waals surface area contributed by atoms with Crippen molar-refractivity contribution in [3.63, 3.8) is 0 Å². The van der Waals surface area contributed by atoms with Gasteiger partial charge in [0.1, 0.15) is 0 Å². The molecule has 1 unspecified atom stereocenters. The maximum Gasteiger partial charge on any atom is 0.0394 e. The van der Waals surface area contributed by atoms with E-state index in [1.54, 1.807) is 4.90 Å². The van der Waals surface area contributed by atoms with E-state index in [2.05, 4.69) is 13.8 Å². The minimum atomic E-state index is -1.87. The van der Waals surface area contributed by atoms with E-state index in [9.17, 15) is 0 Å². The molecule has 1 heterocycles. The molecule has 0 amide bonds. The summed E-state index contributed by atoms with van der Waals surface area (Å²) in [6.07, 6.45) is 1.04. The van der Waals surface area contributed by atoms with Crippen LogP contribution in [0.15, 0.2) is 0 Å². The molecule has 0 aromatic carbocycles. The van der Waals surface area contributed by atoms with Crippen LogP contribution in [0.4, 0.5) is 0 Å². The molecule has 1 heteroatoms. The second-order valence-electron chi connectivity index (χ2n) is 3.24. The van der Waals surface area contributed by atoms with Gasteiger partial charge in [-0.3, -0.25) is 0 Å². The fourth-order valence-electron chi connectivity index (χ4n) is 1.33. The average Bonchev–Trinajstić information content (AvgIpc) is 2.30. The zero-order valence-corrected chi connectivity index (χ0v) is 6.22. The smallest absolute Gasteiger partial charge is 0.0394 e. The van der Waals surface area contributed by atoms with Gasteiger partial charge in [-0.2, -0.15) is 0 Å². The maximum absolute atomic E-state index is 7.22. The second-order valence-corrected chi connectivity index (χ2v) is 3.24. The molecule has 1 saturated heterocycles. The number of nitrogens with zero attached hydrogens (tertiary/aromatic N) is 1. The van der Waals surface area contributed by atoms with Crippen molar-refractivity contribution in [2.24, 2.45) is 11.8 Å². The molecule has 1 atom stereocenters. The quantitative estimate of drug-likeness (QED) is 0.521. The van der Waals surface area contributed by atoms with Crippen molar-refractivity contribution in [3.8, 4) is 0 Å². The van der Waals surface area contributed by atoms with E-state index in [1.807, 2.05) is 0 Å². The summed E-state index contributed by atoms with van der Waals surface area (Å²) in [6, 6.07) is 0. The third-order valence-electron chi connectivity index (χ3n) is 2.17. The first-order valence-corrected chi connectivity index (χ1v) is 3.66. The zero-order valence-electron chi connectivity index (χ0n) is 9.22. The van der Waals surface area contributed by atoms with Gasteiger partial charge in [0.25, 0.3) is 0 Å². The van der Waals surface area contributed by atoms with Crippen molar-refractivity contribution >= 4 is 0 Å². The molecule has 1 fully saturated rings. The molecule has 1 aliphatic rings. The Morgan fingerprint density at radius 2 is 2.44 bits per heavy atom. The molecular weight excluding hydrogens is 110 g/mol. The zero-order chi connectivity index (χ0) is 9.35. The summed E-state index contributed by atoms with van der Waals surface area (Å²) in [4.78, 5) is 1.61. The summed E-state index contributed by atoms with van der Waals surface area (Å²) < 4.78 is 21.7. The molecule has 9 heavy (non-hydrogen) atoms. The Morgan fingerprint density at radius 3 is 2.78 bits per heavy atom. The van der Waals surface area contributed by atoms with E-state index < -0.39 is 6.98 Å². The summed E-state index contributed by atoms with van der Waals surface area (Å²) in [5.74, 6) is 1.18. The number of likely N-dealkylation sites (tertiary alicyclic amines) is 1. The third-order valence-corrected chi connectivity index (χ3v) is 2.17. The summed E-state index contributed by atoms with van der Waals surface area (Å²) in [7, 11) is 0. The van der Waals surface area contributed by atoms with Gasteiger partial charge < -0.3 is 4.90 Å². The van der Waals surface area contributed by atoms with Crippen molar-refractivity contribution in [1.29, 1.82) is 0 Å². The number of hydrogen-bond acceptors (Lipinski definition) is 1. The van der Waals surface area contributed by atoms with E-state index in [0.717, 1.165) is 19.5 Å². The van der Waals surface area contributed by atoms with E-state index >= 15 is 0 Å². The monoisotopic (exact) mass is 130 g/mol. The number of hydrogen-bond donors (Lipinski definition) is 0. The van der Waals surface area contributed by atoms with Gasteiger partial charge in [0.15, 0.2) is 0 Å². The lowest BCUT2D eigenvalue weighted by molar-refractivity contribution is 0.352. The molecule has 0 aromatic heterocycles. The molecular formula is C8H17N. The van der Waals surface area contributed by atoms with Crippen LogP contribution < -0.4 is 0 Å². The van der Waals surface area contributed by atoms with E-state index in [-0.39, 0.29) is 0 Å². The van der Waals surface area contributed by atoms with Gasteiger partial charge >= 0.3 is 0 Å². The molecule has 0 N–H and O–H groups in total. The predicted octanol–water partition coefficient (Wildman–Crippen LogP) is 1.59.